The third-order valence-electron chi connectivity index (χ3n) is 6.20. The lowest BCUT2D eigenvalue weighted by atomic mass is 9.98. The molecule has 0 unspecified atom stereocenters. The van der Waals surface area contributed by atoms with E-state index in [1.165, 1.54) is 16.7 Å². The van der Waals surface area contributed by atoms with Gasteiger partial charge in [-0.1, -0.05) is 17.4 Å². The summed E-state index contributed by atoms with van der Waals surface area (Å²) in [6.07, 6.45) is -0.387. The van der Waals surface area contributed by atoms with E-state index >= 15 is 0 Å². The molecule has 0 saturated carbocycles. The van der Waals surface area contributed by atoms with Gasteiger partial charge in [0.25, 0.3) is 6.43 Å². The Kier molecular flexibility index (Phi) is 6.53. The normalized spacial score (nSPS) is 18.0. The second-order valence-electron chi connectivity index (χ2n) is 8.62. The van der Waals surface area contributed by atoms with Gasteiger partial charge in [-0.15, -0.1) is 10.2 Å². The third kappa shape index (κ3) is 4.18. The molecule has 1 fully saturated rings. The van der Waals surface area contributed by atoms with Gasteiger partial charge in [0, 0.05) is 18.7 Å². The van der Waals surface area contributed by atoms with Crippen molar-refractivity contribution in [1.82, 2.24) is 29.4 Å². The fourth-order valence-corrected chi connectivity index (χ4v) is 6.48. The van der Waals surface area contributed by atoms with E-state index < -0.39 is 39.4 Å². The van der Waals surface area contributed by atoms with Crippen molar-refractivity contribution in [2.45, 2.75) is 36.7 Å². The van der Waals surface area contributed by atoms with E-state index in [0.29, 0.717) is 41.9 Å². The smallest absolute Gasteiger partial charge is 0.335 e. The zero-order valence-corrected chi connectivity index (χ0v) is 20.8. The van der Waals surface area contributed by atoms with Crippen LogP contribution in [-0.4, -0.2) is 66.3 Å². The van der Waals surface area contributed by atoms with Crippen molar-refractivity contribution in [2.75, 3.05) is 33.0 Å². The molecular formula is C21H23F3N6O4S2. The van der Waals surface area contributed by atoms with Crippen molar-refractivity contribution >= 4 is 38.0 Å². The molecule has 2 aromatic heterocycles. The van der Waals surface area contributed by atoms with Crippen molar-refractivity contribution in [3.63, 3.8) is 0 Å². The fourth-order valence-electron chi connectivity index (χ4n) is 4.37. The molecule has 194 valence electrons. The van der Waals surface area contributed by atoms with Crippen LogP contribution in [0.3, 0.4) is 0 Å². The van der Waals surface area contributed by atoms with Gasteiger partial charge in [-0.05, 0) is 37.6 Å². The highest BCUT2D eigenvalue weighted by Gasteiger charge is 2.43. The molecular weight excluding hydrogens is 521 g/mol. The molecule has 4 heterocycles. The number of alkyl halides is 3. The van der Waals surface area contributed by atoms with Gasteiger partial charge in [0.15, 0.2) is 5.01 Å². The lowest BCUT2D eigenvalue weighted by molar-refractivity contribution is -0.0725. The number of nitrogens with zero attached hydrogens (tertiary/aromatic N) is 4. The number of aromatic nitrogens is 4. The number of sulfonamides is 1. The minimum atomic E-state index is -4.25. The van der Waals surface area contributed by atoms with Crippen LogP contribution in [-0.2, 0) is 21.3 Å². The average molecular weight is 545 g/mol. The highest BCUT2D eigenvalue weighted by atomic mass is 32.2. The minimum Gasteiger partial charge on any atom is -0.377 e. The number of imidazole rings is 1. The molecule has 0 spiro atoms. The highest BCUT2D eigenvalue weighted by molar-refractivity contribution is 7.89. The molecule has 0 radical (unpaired) electrons. The van der Waals surface area contributed by atoms with E-state index in [-0.39, 0.29) is 35.3 Å². The zero-order valence-electron chi connectivity index (χ0n) is 19.1. The summed E-state index contributed by atoms with van der Waals surface area (Å²) in [7, 11) is -4.25. The third-order valence-corrected chi connectivity index (χ3v) is 8.68. The maximum Gasteiger partial charge on any atom is 0.335 e. The predicted molar refractivity (Wildman–Crippen MR) is 127 cm³/mol. The molecule has 0 atom stereocenters. The fraction of sp³-hybridized carbons (Fsp3) is 0.476. The molecule has 0 aliphatic carbocycles. The van der Waals surface area contributed by atoms with Crippen LogP contribution in [0.5, 0.6) is 0 Å². The molecule has 2 N–H and O–H groups in total. The average Bonchev–Trinajstić information content (AvgIpc) is 3.43. The van der Waals surface area contributed by atoms with Crippen molar-refractivity contribution in [3.8, 4) is 5.13 Å². The zero-order chi connectivity index (χ0) is 25.7. The van der Waals surface area contributed by atoms with E-state index in [9.17, 15) is 26.4 Å². The second kappa shape index (κ2) is 9.37. The van der Waals surface area contributed by atoms with Crippen LogP contribution in [0.2, 0.25) is 0 Å². The quantitative estimate of drug-likeness (QED) is 0.445. The molecule has 1 aromatic carbocycles. The van der Waals surface area contributed by atoms with Gasteiger partial charge in [0.2, 0.25) is 15.2 Å². The second-order valence-corrected chi connectivity index (χ2v) is 11.3. The number of ether oxygens (including phenoxy) is 1. The largest absolute Gasteiger partial charge is 0.377 e. The summed E-state index contributed by atoms with van der Waals surface area (Å²) in [6.45, 7) is 2.05. The summed E-state index contributed by atoms with van der Waals surface area (Å²) in [5, 5.41) is 9.79. The summed E-state index contributed by atoms with van der Waals surface area (Å²) in [5.41, 5.74) is 0.0569. The molecule has 5 rings (SSSR count). The number of hydrogen-bond acceptors (Lipinski definition) is 8. The van der Waals surface area contributed by atoms with Gasteiger partial charge in [-0.2, -0.15) is 4.72 Å². The summed E-state index contributed by atoms with van der Waals surface area (Å²) in [5.74, 6) is 0. The Balaban J connectivity index is 1.78. The van der Waals surface area contributed by atoms with E-state index in [1.807, 2.05) is 6.08 Å². The number of nitrogens with one attached hydrogen (secondary N) is 2. The number of benzene rings is 1. The van der Waals surface area contributed by atoms with Crippen LogP contribution in [0.25, 0.3) is 21.7 Å². The summed E-state index contributed by atoms with van der Waals surface area (Å²) >= 11 is 0.550. The van der Waals surface area contributed by atoms with E-state index in [0.717, 1.165) is 10.1 Å². The Morgan fingerprint density at radius 1 is 1.31 bits per heavy atom. The van der Waals surface area contributed by atoms with Gasteiger partial charge in [-0.25, -0.2) is 31.0 Å². The molecule has 0 amide bonds. The monoisotopic (exact) mass is 544 g/mol. The topological polar surface area (TPSA) is 120 Å². The van der Waals surface area contributed by atoms with Crippen molar-refractivity contribution < 1.29 is 26.3 Å². The van der Waals surface area contributed by atoms with Crippen LogP contribution in [0.15, 0.2) is 27.9 Å². The molecule has 1 saturated heterocycles. The molecule has 2 aliphatic heterocycles. The maximum atomic E-state index is 13.7. The first-order chi connectivity index (χ1) is 17.2. The molecule has 3 aromatic rings. The number of fused-ring (bicyclic) bond motifs is 1. The number of halogens is 3. The van der Waals surface area contributed by atoms with E-state index in [4.69, 9.17) is 4.74 Å². The molecule has 10 nitrogen and oxygen atoms in total. The molecule has 0 bridgehead atoms. The minimum absolute atomic E-state index is 0.104. The lowest BCUT2D eigenvalue weighted by Gasteiger charge is -2.39. The van der Waals surface area contributed by atoms with Crippen LogP contribution >= 0.6 is 11.3 Å². The van der Waals surface area contributed by atoms with Crippen molar-refractivity contribution in [3.05, 3.63) is 39.3 Å². The molecule has 2 aliphatic rings. The van der Waals surface area contributed by atoms with Gasteiger partial charge in [0.05, 0.1) is 29.1 Å². The Bertz CT molecular complexity index is 1500. The lowest BCUT2D eigenvalue weighted by Crippen LogP contribution is -2.63. The Morgan fingerprint density at radius 3 is 2.64 bits per heavy atom. The van der Waals surface area contributed by atoms with Crippen LogP contribution in [0, 0.1) is 0 Å². The van der Waals surface area contributed by atoms with Crippen LogP contribution in [0.4, 0.5) is 13.2 Å². The first-order valence-electron chi connectivity index (χ1n) is 11.2. The molecule has 15 heteroatoms. The maximum absolute atomic E-state index is 13.7. The van der Waals surface area contributed by atoms with Crippen LogP contribution < -0.4 is 15.7 Å². The van der Waals surface area contributed by atoms with E-state index in [1.54, 1.807) is 6.92 Å². The van der Waals surface area contributed by atoms with E-state index in [2.05, 4.69) is 20.2 Å². The van der Waals surface area contributed by atoms with Gasteiger partial charge in [0.1, 0.15) is 12.2 Å². The first-order valence-corrected chi connectivity index (χ1v) is 13.5. The number of rotatable bonds is 8. The first kappa shape index (κ1) is 25.1. The summed E-state index contributed by atoms with van der Waals surface area (Å²) in [4.78, 5) is 13.2. The van der Waals surface area contributed by atoms with Gasteiger partial charge in [-0.3, -0.25) is 4.57 Å². The summed E-state index contributed by atoms with van der Waals surface area (Å²) < 4.78 is 76.9. The predicted octanol–water partition coefficient (Wildman–Crippen LogP) is 1.99. The summed E-state index contributed by atoms with van der Waals surface area (Å²) in [6, 6.07) is 2.75. The number of aryl methyl sites for hydroxylation is 1. The Morgan fingerprint density at radius 2 is 2.08 bits per heavy atom. The Labute approximate surface area is 207 Å². The SMILES string of the molecule is CCn1c(=O)n(-c2nnc(C(F)F)s2)c2cc(S(=O)(=O)NC3(CF)COC3)cc(C3=CCNCC3)c21. The number of hydrogen-bond donors (Lipinski definition) is 2. The Hall–Kier alpha value is -2.59. The standard InChI is InChI=1S/C21H23F3N6O4S2/c1-2-29-16-14(12-3-5-25-6-4-12)7-13(36(32,33)28-21(9-22)10-34-11-21)8-15(16)30(20(29)31)19-27-26-18(35-19)17(23)24/h3,7-8,17,25,28H,2,4-6,9-11H2,1H3. The molecule has 36 heavy (non-hydrogen) atoms. The van der Waals surface area contributed by atoms with Crippen LogP contribution in [0.1, 0.15) is 30.3 Å². The van der Waals surface area contributed by atoms with Crippen molar-refractivity contribution in [1.29, 1.82) is 0 Å². The van der Waals surface area contributed by atoms with Crippen molar-refractivity contribution in [2.24, 2.45) is 0 Å². The highest BCUT2D eigenvalue weighted by Crippen LogP contribution is 2.34. The van der Waals surface area contributed by atoms with Gasteiger partial charge >= 0.3 is 5.69 Å². The van der Waals surface area contributed by atoms with Gasteiger partial charge < -0.3 is 10.1 Å².